The Morgan fingerprint density at radius 3 is 2.03 bits per heavy atom. The number of esters is 1. The molecule has 0 bridgehead atoms. The molecule has 3 N–H and O–H groups in total. The summed E-state index contributed by atoms with van der Waals surface area (Å²) in [6, 6.07) is 6.12. The van der Waals surface area contributed by atoms with Crippen molar-refractivity contribution in [3.05, 3.63) is 53.0 Å². The van der Waals surface area contributed by atoms with E-state index in [4.69, 9.17) is 9.15 Å². The molecule has 2 aromatic rings. The molecule has 8 nitrogen and oxygen atoms in total. The topological polar surface area (TPSA) is 118 Å². The molecule has 2 amide bonds. The summed E-state index contributed by atoms with van der Waals surface area (Å²) in [6.45, 7) is 11.0. The number of hydrogen-bond donors (Lipinski definition) is 3. The lowest BCUT2D eigenvalue weighted by Crippen LogP contribution is -2.43. The fraction of sp³-hybridized carbons (Fsp3) is 0.409. The lowest BCUT2D eigenvalue weighted by molar-refractivity contribution is -0.125. The number of amides is 2. The van der Waals surface area contributed by atoms with Crippen LogP contribution < -0.4 is 10.9 Å². The number of ether oxygens (including phenoxy) is 1. The molecular formula is C22H28N2O6. The molecule has 0 atom stereocenters. The van der Waals surface area contributed by atoms with E-state index in [0.29, 0.717) is 11.1 Å². The van der Waals surface area contributed by atoms with Crippen molar-refractivity contribution in [3.63, 3.8) is 0 Å². The predicted molar refractivity (Wildman–Crippen MR) is 110 cm³/mol. The Labute approximate surface area is 175 Å². The molecule has 1 aromatic carbocycles. The lowest BCUT2D eigenvalue weighted by atomic mass is 9.78. The van der Waals surface area contributed by atoms with Gasteiger partial charge in [-0.1, -0.05) is 41.5 Å². The summed E-state index contributed by atoms with van der Waals surface area (Å²) < 4.78 is 9.98. The van der Waals surface area contributed by atoms with Gasteiger partial charge < -0.3 is 14.3 Å². The Hall–Kier alpha value is -3.29. The van der Waals surface area contributed by atoms with Crippen LogP contribution in [0.2, 0.25) is 0 Å². The molecule has 162 valence electrons. The maximum atomic E-state index is 12.6. The Morgan fingerprint density at radius 2 is 1.57 bits per heavy atom. The van der Waals surface area contributed by atoms with Gasteiger partial charge in [0.2, 0.25) is 0 Å². The van der Waals surface area contributed by atoms with Crippen LogP contribution >= 0.6 is 0 Å². The van der Waals surface area contributed by atoms with Gasteiger partial charge in [0.1, 0.15) is 5.75 Å². The molecule has 30 heavy (non-hydrogen) atoms. The zero-order chi connectivity index (χ0) is 22.7. The molecule has 0 aliphatic rings. The van der Waals surface area contributed by atoms with Crippen LogP contribution in [0.25, 0.3) is 0 Å². The average molecular weight is 416 g/mol. The molecule has 0 radical (unpaired) electrons. The standard InChI is InChI=1S/C22H28N2O6/c1-21(2,3)14-10-13(11-15(18(14)26)22(4,5)6)20(28)30-12-17(25)23-24-19(27)16-8-7-9-29-16/h7-11,26H,12H2,1-6H3,(H,23,25)(H,24,27). The largest absolute Gasteiger partial charge is 0.507 e. The van der Waals surface area contributed by atoms with Gasteiger partial charge in [0.15, 0.2) is 12.4 Å². The minimum atomic E-state index is -0.714. The minimum Gasteiger partial charge on any atom is -0.507 e. The predicted octanol–water partition coefficient (Wildman–Crippen LogP) is 3.20. The zero-order valence-electron chi connectivity index (χ0n) is 18.1. The highest BCUT2D eigenvalue weighted by Crippen LogP contribution is 2.39. The number of rotatable bonds is 4. The maximum Gasteiger partial charge on any atom is 0.338 e. The third kappa shape index (κ3) is 5.62. The number of nitrogens with one attached hydrogen (secondary N) is 2. The van der Waals surface area contributed by atoms with Crippen LogP contribution in [0.1, 0.15) is 73.6 Å². The van der Waals surface area contributed by atoms with Gasteiger partial charge >= 0.3 is 11.9 Å². The third-order valence-corrected chi connectivity index (χ3v) is 4.36. The summed E-state index contributed by atoms with van der Waals surface area (Å²) in [4.78, 5) is 36.2. The molecule has 8 heteroatoms. The zero-order valence-corrected chi connectivity index (χ0v) is 18.1. The normalized spacial score (nSPS) is 11.7. The quantitative estimate of drug-likeness (QED) is 0.520. The molecule has 0 saturated carbocycles. The summed E-state index contributed by atoms with van der Waals surface area (Å²) in [6.07, 6.45) is 1.33. The second-order valence-corrected chi connectivity index (χ2v) is 8.98. The van der Waals surface area contributed by atoms with E-state index in [9.17, 15) is 19.5 Å². The maximum absolute atomic E-state index is 12.6. The van der Waals surface area contributed by atoms with E-state index in [-0.39, 0.29) is 17.1 Å². The van der Waals surface area contributed by atoms with E-state index in [1.54, 1.807) is 12.1 Å². The van der Waals surface area contributed by atoms with E-state index in [1.807, 2.05) is 41.5 Å². The van der Waals surface area contributed by atoms with E-state index in [1.165, 1.54) is 18.4 Å². The molecular weight excluding hydrogens is 388 g/mol. The second-order valence-electron chi connectivity index (χ2n) is 8.98. The fourth-order valence-electron chi connectivity index (χ4n) is 2.74. The minimum absolute atomic E-state index is 0.0285. The van der Waals surface area contributed by atoms with Crippen LogP contribution in [0.15, 0.2) is 34.9 Å². The number of aromatic hydroxyl groups is 1. The lowest BCUT2D eigenvalue weighted by Gasteiger charge is -2.27. The van der Waals surface area contributed by atoms with Gasteiger partial charge in [-0.05, 0) is 35.1 Å². The highest BCUT2D eigenvalue weighted by molar-refractivity contribution is 5.94. The number of carbonyl (C=O) groups is 3. The Kier molecular flexibility index (Phi) is 6.60. The molecule has 0 aliphatic heterocycles. The smallest absolute Gasteiger partial charge is 0.338 e. The van der Waals surface area contributed by atoms with Gasteiger partial charge in [-0.25, -0.2) is 4.79 Å². The monoisotopic (exact) mass is 416 g/mol. The summed E-state index contributed by atoms with van der Waals surface area (Å²) in [5, 5.41) is 10.7. The van der Waals surface area contributed by atoms with E-state index in [0.717, 1.165) is 0 Å². The molecule has 0 aliphatic carbocycles. The summed E-state index contributed by atoms with van der Waals surface area (Å²) in [5.74, 6) is -1.89. The van der Waals surface area contributed by atoms with Gasteiger partial charge in [-0.3, -0.25) is 20.4 Å². The third-order valence-electron chi connectivity index (χ3n) is 4.36. The van der Waals surface area contributed by atoms with Crippen molar-refractivity contribution >= 4 is 17.8 Å². The van der Waals surface area contributed by atoms with E-state index in [2.05, 4.69) is 10.9 Å². The molecule has 0 unspecified atom stereocenters. The Balaban J connectivity index is 2.09. The van der Waals surface area contributed by atoms with Gasteiger partial charge in [0.25, 0.3) is 5.91 Å². The average Bonchev–Trinajstić information content (AvgIpc) is 3.17. The van der Waals surface area contributed by atoms with Crippen LogP contribution in [0.5, 0.6) is 5.75 Å². The number of carbonyl (C=O) groups excluding carboxylic acids is 3. The van der Waals surface area contributed by atoms with Gasteiger partial charge in [-0.15, -0.1) is 0 Å². The van der Waals surface area contributed by atoms with Crippen LogP contribution in [-0.2, 0) is 20.4 Å². The van der Waals surface area contributed by atoms with Crippen molar-refractivity contribution in [2.24, 2.45) is 0 Å². The first-order valence-electron chi connectivity index (χ1n) is 9.48. The van der Waals surface area contributed by atoms with Gasteiger partial charge in [-0.2, -0.15) is 0 Å². The second kappa shape index (κ2) is 8.61. The van der Waals surface area contributed by atoms with Crippen molar-refractivity contribution < 1.29 is 28.6 Å². The van der Waals surface area contributed by atoms with Crippen molar-refractivity contribution in [2.45, 2.75) is 52.4 Å². The van der Waals surface area contributed by atoms with Crippen molar-refractivity contribution in [1.82, 2.24) is 10.9 Å². The first-order chi connectivity index (χ1) is 13.8. The summed E-state index contributed by atoms with van der Waals surface area (Å²) in [5.41, 5.74) is 4.93. The molecule has 1 aromatic heterocycles. The molecule has 1 heterocycles. The van der Waals surface area contributed by atoms with Crippen LogP contribution in [0.3, 0.4) is 0 Å². The van der Waals surface area contributed by atoms with Crippen molar-refractivity contribution in [1.29, 1.82) is 0 Å². The number of furan rings is 1. The number of phenolic OH excluding ortho intramolecular Hbond substituents is 1. The number of hydrogen-bond acceptors (Lipinski definition) is 6. The van der Waals surface area contributed by atoms with Crippen LogP contribution in [0, 0.1) is 0 Å². The SMILES string of the molecule is CC(C)(C)c1cc(C(=O)OCC(=O)NNC(=O)c2ccco2)cc(C(C)(C)C)c1O. The van der Waals surface area contributed by atoms with Crippen molar-refractivity contribution in [3.8, 4) is 5.75 Å². The molecule has 2 rings (SSSR count). The molecule has 0 saturated heterocycles. The summed E-state index contributed by atoms with van der Waals surface area (Å²) >= 11 is 0. The molecule has 0 fully saturated rings. The summed E-state index contributed by atoms with van der Waals surface area (Å²) in [7, 11) is 0. The van der Waals surface area contributed by atoms with Crippen LogP contribution in [-0.4, -0.2) is 29.5 Å². The highest BCUT2D eigenvalue weighted by atomic mass is 16.5. The first-order valence-corrected chi connectivity index (χ1v) is 9.48. The molecule has 0 spiro atoms. The van der Waals surface area contributed by atoms with Crippen LogP contribution in [0.4, 0.5) is 0 Å². The number of phenols is 1. The first kappa shape index (κ1) is 23.0. The van der Waals surface area contributed by atoms with Gasteiger partial charge in [0, 0.05) is 11.1 Å². The van der Waals surface area contributed by atoms with E-state index < -0.39 is 35.2 Å². The fourth-order valence-corrected chi connectivity index (χ4v) is 2.74. The number of hydrazine groups is 1. The van der Waals surface area contributed by atoms with E-state index >= 15 is 0 Å². The number of benzene rings is 1. The Morgan fingerprint density at radius 1 is 1.00 bits per heavy atom. The highest BCUT2D eigenvalue weighted by Gasteiger charge is 2.28. The Bertz CT molecular complexity index is 899. The van der Waals surface area contributed by atoms with Gasteiger partial charge in [0.05, 0.1) is 11.8 Å². The van der Waals surface area contributed by atoms with Crippen molar-refractivity contribution in [2.75, 3.05) is 6.61 Å².